The second-order valence-electron chi connectivity index (χ2n) is 6.21. The number of oxazole rings is 1. The van der Waals surface area contributed by atoms with E-state index in [0.29, 0.717) is 17.1 Å². The summed E-state index contributed by atoms with van der Waals surface area (Å²) in [4.78, 5) is 20.9. The third-order valence-corrected chi connectivity index (χ3v) is 4.21. The Hall–Kier alpha value is -3.47. The molecule has 0 saturated heterocycles. The van der Waals surface area contributed by atoms with Crippen molar-refractivity contribution in [2.45, 2.75) is 13.8 Å². The van der Waals surface area contributed by atoms with Crippen LogP contribution in [0, 0.1) is 13.8 Å². The lowest BCUT2D eigenvalue weighted by atomic mass is 10.1. The molecule has 0 bridgehead atoms. The van der Waals surface area contributed by atoms with Gasteiger partial charge < -0.3 is 9.73 Å². The van der Waals surface area contributed by atoms with Crippen LogP contribution in [0.5, 0.6) is 0 Å². The maximum Gasteiger partial charge on any atom is 0.255 e. The van der Waals surface area contributed by atoms with Crippen molar-refractivity contribution >= 4 is 22.7 Å². The van der Waals surface area contributed by atoms with Gasteiger partial charge >= 0.3 is 0 Å². The molecule has 4 aromatic rings. The fourth-order valence-electron chi connectivity index (χ4n) is 2.79. The Balaban J connectivity index is 1.68. The second-order valence-corrected chi connectivity index (χ2v) is 6.21. The number of carbonyl (C=O) groups is 1. The van der Waals surface area contributed by atoms with Gasteiger partial charge in [-0.05, 0) is 61.4 Å². The number of nitrogens with one attached hydrogen (secondary N) is 1. The molecule has 0 aliphatic rings. The third kappa shape index (κ3) is 3.07. The van der Waals surface area contributed by atoms with E-state index in [2.05, 4.69) is 15.3 Å². The number of fused-ring (bicyclic) bond motifs is 1. The fourth-order valence-corrected chi connectivity index (χ4v) is 2.79. The molecule has 0 fully saturated rings. The zero-order valence-electron chi connectivity index (χ0n) is 14.5. The molecule has 1 N–H and O–H groups in total. The highest BCUT2D eigenvalue weighted by atomic mass is 16.3. The summed E-state index contributed by atoms with van der Waals surface area (Å²) in [5.41, 5.74) is 5.82. The van der Waals surface area contributed by atoms with Crippen LogP contribution in [-0.4, -0.2) is 15.9 Å². The smallest absolute Gasteiger partial charge is 0.255 e. The summed E-state index contributed by atoms with van der Waals surface area (Å²) in [7, 11) is 0. The van der Waals surface area contributed by atoms with Gasteiger partial charge in [0.15, 0.2) is 5.58 Å². The van der Waals surface area contributed by atoms with E-state index in [9.17, 15) is 4.79 Å². The molecule has 0 unspecified atom stereocenters. The Bertz CT molecular complexity index is 1100. The first-order valence-corrected chi connectivity index (χ1v) is 8.30. The number of pyridine rings is 1. The van der Waals surface area contributed by atoms with Crippen LogP contribution in [0.3, 0.4) is 0 Å². The van der Waals surface area contributed by atoms with E-state index in [0.717, 1.165) is 27.8 Å². The molecule has 2 aromatic heterocycles. The van der Waals surface area contributed by atoms with Gasteiger partial charge in [0, 0.05) is 29.2 Å². The van der Waals surface area contributed by atoms with Crippen LogP contribution in [0.4, 0.5) is 5.69 Å². The molecule has 128 valence electrons. The number of carbonyl (C=O) groups excluding carboxylic acids is 1. The van der Waals surface area contributed by atoms with Gasteiger partial charge in [-0.15, -0.1) is 0 Å². The van der Waals surface area contributed by atoms with E-state index in [4.69, 9.17) is 4.42 Å². The van der Waals surface area contributed by atoms with Gasteiger partial charge in [-0.2, -0.15) is 0 Å². The molecule has 0 radical (unpaired) electrons. The van der Waals surface area contributed by atoms with Crippen LogP contribution in [0.15, 0.2) is 65.3 Å². The lowest BCUT2D eigenvalue weighted by molar-refractivity contribution is 0.102. The van der Waals surface area contributed by atoms with E-state index in [1.807, 2.05) is 50.2 Å². The van der Waals surface area contributed by atoms with Crippen LogP contribution in [-0.2, 0) is 0 Å². The summed E-state index contributed by atoms with van der Waals surface area (Å²) in [5, 5.41) is 2.90. The quantitative estimate of drug-likeness (QED) is 0.582. The van der Waals surface area contributed by atoms with E-state index >= 15 is 0 Å². The van der Waals surface area contributed by atoms with Crippen molar-refractivity contribution in [3.63, 3.8) is 0 Å². The average molecular weight is 343 g/mol. The standard InChI is InChI=1S/C21H17N3O2/c1-13-3-6-19-18(11-13)24-21(26-19)17-12-16(5-4-14(17)2)23-20(25)15-7-9-22-10-8-15/h3-12H,1-2H3,(H,23,25). The zero-order valence-corrected chi connectivity index (χ0v) is 14.5. The third-order valence-electron chi connectivity index (χ3n) is 4.21. The number of aromatic nitrogens is 2. The van der Waals surface area contributed by atoms with Crippen LogP contribution in [0.25, 0.3) is 22.6 Å². The van der Waals surface area contributed by atoms with Crippen molar-refractivity contribution in [2.75, 3.05) is 5.32 Å². The van der Waals surface area contributed by atoms with E-state index in [-0.39, 0.29) is 5.91 Å². The van der Waals surface area contributed by atoms with Crippen LogP contribution in [0.1, 0.15) is 21.5 Å². The highest BCUT2D eigenvalue weighted by Gasteiger charge is 2.13. The summed E-state index contributed by atoms with van der Waals surface area (Å²) in [6.07, 6.45) is 3.19. The molecule has 26 heavy (non-hydrogen) atoms. The number of rotatable bonds is 3. The number of hydrogen-bond acceptors (Lipinski definition) is 4. The summed E-state index contributed by atoms with van der Waals surface area (Å²) >= 11 is 0. The summed E-state index contributed by atoms with van der Waals surface area (Å²) < 4.78 is 5.90. The summed E-state index contributed by atoms with van der Waals surface area (Å²) in [5.74, 6) is 0.360. The molecule has 0 aliphatic heterocycles. The highest BCUT2D eigenvalue weighted by molar-refractivity contribution is 6.04. The largest absolute Gasteiger partial charge is 0.436 e. The Morgan fingerprint density at radius 1 is 1.00 bits per heavy atom. The molecule has 1 amide bonds. The number of amides is 1. The number of nitrogens with zero attached hydrogens (tertiary/aromatic N) is 2. The first-order chi connectivity index (χ1) is 12.6. The van der Waals surface area contributed by atoms with E-state index in [1.54, 1.807) is 24.5 Å². The lowest BCUT2D eigenvalue weighted by Crippen LogP contribution is -2.11. The predicted molar refractivity (Wildman–Crippen MR) is 101 cm³/mol. The Kier molecular flexibility index (Phi) is 3.97. The predicted octanol–water partition coefficient (Wildman–Crippen LogP) is 4.76. The first kappa shape index (κ1) is 16.0. The monoisotopic (exact) mass is 343 g/mol. The average Bonchev–Trinajstić information content (AvgIpc) is 3.07. The number of aryl methyl sites for hydroxylation is 2. The highest BCUT2D eigenvalue weighted by Crippen LogP contribution is 2.29. The van der Waals surface area contributed by atoms with Gasteiger partial charge in [0.1, 0.15) is 5.52 Å². The zero-order chi connectivity index (χ0) is 18.1. The summed E-state index contributed by atoms with van der Waals surface area (Å²) in [6, 6.07) is 14.9. The number of benzene rings is 2. The van der Waals surface area contributed by atoms with E-state index in [1.165, 1.54) is 0 Å². The number of hydrogen-bond donors (Lipinski definition) is 1. The molecular weight excluding hydrogens is 326 g/mol. The molecule has 2 heterocycles. The maximum atomic E-state index is 12.3. The fraction of sp³-hybridized carbons (Fsp3) is 0.0952. The molecule has 0 aliphatic carbocycles. The topological polar surface area (TPSA) is 68.0 Å². The van der Waals surface area contributed by atoms with Crippen LogP contribution in [0.2, 0.25) is 0 Å². The van der Waals surface area contributed by atoms with Gasteiger partial charge in [0.25, 0.3) is 5.91 Å². The van der Waals surface area contributed by atoms with Crippen molar-refractivity contribution in [3.8, 4) is 11.5 Å². The van der Waals surface area contributed by atoms with Crippen molar-refractivity contribution in [3.05, 3.63) is 77.6 Å². The summed E-state index contributed by atoms with van der Waals surface area (Å²) in [6.45, 7) is 4.01. The molecule has 5 nitrogen and oxygen atoms in total. The maximum absolute atomic E-state index is 12.3. The first-order valence-electron chi connectivity index (χ1n) is 8.30. The van der Waals surface area contributed by atoms with E-state index < -0.39 is 0 Å². The minimum atomic E-state index is -0.185. The molecule has 0 spiro atoms. The molecule has 4 rings (SSSR count). The van der Waals surface area contributed by atoms with Crippen LogP contribution >= 0.6 is 0 Å². The Morgan fingerprint density at radius 2 is 1.81 bits per heavy atom. The normalized spacial score (nSPS) is 10.8. The lowest BCUT2D eigenvalue weighted by Gasteiger charge is -2.08. The SMILES string of the molecule is Cc1ccc2oc(-c3cc(NC(=O)c4ccncc4)ccc3C)nc2c1. The van der Waals surface area contributed by atoms with Gasteiger partial charge in [-0.25, -0.2) is 4.98 Å². The van der Waals surface area contributed by atoms with Crippen molar-refractivity contribution in [2.24, 2.45) is 0 Å². The van der Waals surface area contributed by atoms with Crippen LogP contribution < -0.4 is 5.32 Å². The molecule has 0 atom stereocenters. The Labute approximate surface area is 150 Å². The van der Waals surface area contributed by atoms with Crippen molar-refractivity contribution in [1.29, 1.82) is 0 Å². The molecule has 0 saturated carbocycles. The minimum absolute atomic E-state index is 0.185. The van der Waals surface area contributed by atoms with Crippen molar-refractivity contribution in [1.82, 2.24) is 9.97 Å². The number of anilines is 1. The van der Waals surface area contributed by atoms with Gasteiger partial charge in [0.05, 0.1) is 0 Å². The molecule has 2 aromatic carbocycles. The van der Waals surface area contributed by atoms with Crippen molar-refractivity contribution < 1.29 is 9.21 Å². The second kappa shape index (κ2) is 6.44. The Morgan fingerprint density at radius 3 is 2.62 bits per heavy atom. The van der Waals surface area contributed by atoms with Gasteiger partial charge in [-0.1, -0.05) is 12.1 Å². The molecule has 5 heteroatoms. The minimum Gasteiger partial charge on any atom is -0.436 e. The van der Waals surface area contributed by atoms with Gasteiger partial charge in [0.2, 0.25) is 5.89 Å². The molecular formula is C21H17N3O2. The van der Waals surface area contributed by atoms with Gasteiger partial charge in [-0.3, -0.25) is 9.78 Å².